The van der Waals surface area contributed by atoms with E-state index >= 15 is 0 Å². The number of fused-ring (bicyclic) bond motifs is 1. The quantitative estimate of drug-likeness (QED) is 0.690. The fourth-order valence-electron chi connectivity index (χ4n) is 3.41. The highest BCUT2D eigenvalue weighted by atomic mass is 16.5. The summed E-state index contributed by atoms with van der Waals surface area (Å²) in [6, 6.07) is 10.9. The van der Waals surface area contributed by atoms with Gasteiger partial charge in [0.05, 0.1) is 25.8 Å². The average molecular weight is 394 g/mol. The van der Waals surface area contributed by atoms with Crippen molar-refractivity contribution in [2.45, 2.75) is 33.4 Å². The number of hydrogen-bond acceptors (Lipinski definition) is 4. The maximum atomic E-state index is 13.0. The maximum absolute atomic E-state index is 13.0. The first-order valence-corrected chi connectivity index (χ1v) is 9.56. The fourth-order valence-corrected chi connectivity index (χ4v) is 3.41. The van der Waals surface area contributed by atoms with E-state index in [1.807, 2.05) is 55.7 Å². The minimum atomic E-state index is -0.400. The van der Waals surface area contributed by atoms with Crippen molar-refractivity contribution >= 4 is 16.8 Å². The van der Waals surface area contributed by atoms with Gasteiger partial charge in [-0.3, -0.25) is 9.59 Å². The highest BCUT2D eigenvalue weighted by Crippen LogP contribution is 2.30. The molecular weight excluding hydrogens is 368 g/mol. The number of hydrogen-bond donors (Lipinski definition) is 1. The summed E-state index contributed by atoms with van der Waals surface area (Å²) in [6.07, 6.45) is 1.64. The molecule has 3 rings (SSSR count). The predicted molar refractivity (Wildman–Crippen MR) is 114 cm³/mol. The van der Waals surface area contributed by atoms with Crippen molar-refractivity contribution in [3.63, 3.8) is 0 Å². The van der Waals surface area contributed by atoms with Crippen LogP contribution >= 0.6 is 0 Å². The monoisotopic (exact) mass is 394 g/mol. The molecule has 1 aromatic heterocycles. The third kappa shape index (κ3) is 3.97. The lowest BCUT2D eigenvalue weighted by molar-refractivity contribution is 0.0938. The number of rotatable bonds is 6. The number of ether oxygens (including phenoxy) is 2. The van der Waals surface area contributed by atoms with Crippen LogP contribution in [0.15, 0.2) is 47.4 Å². The Labute approximate surface area is 170 Å². The Morgan fingerprint density at radius 1 is 1.10 bits per heavy atom. The van der Waals surface area contributed by atoms with E-state index in [2.05, 4.69) is 5.32 Å². The summed E-state index contributed by atoms with van der Waals surface area (Å²) in [5, 5.41) is 3.48. The molecule has 0 fully saturated rings. The number of nitrogens with one attached hydrogen (secondary N) is 1. The highest BCUT2D eigenvalue weighted by molar-refractivity contribution is 5.97. The van der Waals surface area contributed by atoms with Crippen molar-refractivity contribution in [2.75, 3.05) is 14.2 Å². The molecule has 1 unspecified atom stereocenters. The molecule has 1 atom stereocenters. The Morgan fingerprint density at radius 2 is 1.83 bits per heavy atom. The van der Waals surface area contributed by atoms with Gasteiger partial charge in [-0.15, -0.1) is 0 Å². The minimum absolute atomic E-state index is 0.136. The van der Waals surface area contributed by atoms with E-state index in [-0.39, 0.29) is 17.0 Å². The molecule has 0 bridgehead atoms. The number of amides is 1. The number of carbonyl (C=O) groups excluding carboxylic acids is 1. The van der Waals surface area contributed by atoms with Crippen LogP contribution in [0.5, 0.6) is 11.5 Å². The van der Waals surface area contributed by atoms with Crippen molar-refractivity contribution < 1.29 is 14.3 Å². The van der Waals surface area contributed by atoms with Crippen molar-refractivity contribution in [3.8, 4) is 11.5 Å². The van der Waals surface area contributed by atoms with Gasteiger partial charge in [-0.25, -0.2) is 0 Å². The van der Waals surface area contributed by atoms with Crippen LogP contribution in [-0.4, -0.2) is 24.7 Å². The van der Waals surface area contributed by atoms with Gasteiger partial charge in [0, 0.05) is 18.1 Å². The van der Waals surface area contributed by atoms with Crippen LogP contribution < -0.4 is 20.2 Å². The zero-order valence-electron chi connectivity index (χ0n) is 17.4. The van der Waals surface area contributed by atoms with E-state index in [0.717, 1.165) is 16.6 Å². The van der Waals surface area contributed by atoms with Crippen molar-refractivity contribution in [2.24, 2.45) is 0 Å². The molecule has 1 heterocycles. The zero-order valence-corrected chi connectivity index (χ0v) is 17.4. The number of pyridine rings is 1. The average Bonchev–Trinajstić information content (AvgIpc) is 2.73. The minimum Gasteiger partial charge on any atom is -0.493 e. The lowest BCUT2D eigenvalue weighted by Crippen LogP contribution is -2.31. The summed E-state index contributed by atoms with van der Waals surface area (Å²) in [6.45, 7) is 6.44. The molecule has 152 valence electrons. The second kappa shape index (κ2) is 8.39. The van der Waals surface area contributed by atoms with E-state index < -0.39 is 5.91 Å². The molecule has 1 amide bonds. The van der Waals surface area contributed by atoms with E-state index in [9.17, 15) is 9.59 Å². The molecule has 0 spiro atoms. The van der Waals surface area contributed by atoms with Crippen LogP contribution in [0, 0.1) is 6.92 Å². The second-order valence-corrected chi connectivity index (χ2v) is 6.99. The first-order chi connectivity index (χ1) is 13.9. The Bertz CT molecular complexity index is 1120. The molecule has 0 aliphatic rings. The second-order valence-electron chi connectivity index (χ2n) is 6.99. The summed E-state index contributed by atoms with van der Waals surface area (Å²) < 4.78 is 12.5. The molecule has 0 aliphatic carbocycles. The van der Waals surface area contributed by atoms with Gasteiger partial charge in [0.1, 0.15) is 5.56 Å². The van der Waals surface area contributed by atoms with Gasteiger partial charge in [0.2, 0.25) is 5.43 Å². The molecular formula is C23H26N2O4. The Hall–Kier alpha value is -3.28. The first-order valence-electron chi connectivity index (χ1n) is 9.56. The van der Waals surface area contributed by atoms with Gasteiger partial charge in [-0.05, 0) is 50.6 Å². The Morgan fingerprint density at radius 3 is 2.48 bits per heavy atom. The topological polar surface area (TPSA) is 69.6 Å². The predicted octanol–water partition coefficient (Wildman–Crippen LogP) is 3.84. The van der Waals surface area contributed by atoms with Crippen molar-refractivity contribution in [3.05, 3.63) is 69.5 Å². The van der Waals surface area contributed by atoms with Crippen molar-refractivity contribution in [1.29, 1.82) is 0 Å². The molecule has 0 saturated carbocycles. The smallest absolute Gasteiger partial charge is 0.257 e. The van der Waals surface area contributed by atoms with E-state index in [1.54, 1.807) is 26.5 Å². The van der Waals surface area contributed by atoms with E-state index in [4.69, 9.17) is 9.47 Å². The third-order valence-corrected chi connectivity index (χ3v) is 5.08. The molecule has 2 aromatic carbocycles. The van der Waals surface area contributed by atoms with Crippen LogP contribution in [0.25, 0.3) is 10.9 Å². The number of nitrogens with zero attached hydrogens (tertiary/aromatic N) is 1. The molecule has 29 heavy (non-hydrogen) atoms. The van der Waals surface area contributed by atoms with E-state index in [0.29, 0.717) is 23.4 Å². The first kappa shape index (κ1) is 20.5. The molecule has 0 radical (unpaired) electrons. The van der Waals surface area contributed by atoms with Gasteiger partial charge in [-0.1, -0.05) is 17.7 Å². The number of carbonyl (C=O) groups is 1. The molecule has 6 heteroatoms. The molecule has 6 nitrogen and oxygen atoms in total. The summed E-state index contributed by atoms with van der Waals surface area (Å²) in [5.74, 6) is 0.800. The van der Waals surface area contributed by atoms with Gasteiger partial charge < -0.3 is 19.4 Å². The molecule has 1 N–H and O–H groups in total. The molecule has 0 aliphatic heterocycles. The Kier molecular flexibility index (Phi) is 5.92. The third-order valence-electron chi connectivity index (χ3n) is 5.08. The van der Waals surface area contributed by atoms with Crippen LogP contribution in [0.3, 0.4) is 0 Å². The maximum Gasteiger partial charge on any atom is 0.257 e. The standard InChI is InChI=1S/C23H26N2O4/c1-6-25-13-18(22(26)17-11-14(2)7-9-19(17)25)23(27)24-15(3)16-8-10-20(28-4)21(12-16)29-5/h7-13,15H,6H2,1-5H3,(H,24,27). The van der Waals surface area contributed by atoms with Crippen LogP contribution in [0.2, 0.25) is 0 Å². The summed E-state index contributed by atoms with van der Waals surface area (Å²) in [4.78, 5) is 25.9. The fraction of sp³-hybridized carbons (Fsp3) is 0.304. The summed E-state index contributed by atoms with van der Waals surface area (Å²) in [5.41, 5.74) is 2.53. The summed E-state index contributed by atoms with van der Waals surface area (Å²) >= 11 is 0. The largest absolute Gasteiger partial charge is 0.493 e. The number of aromatic nitrogens is 1. The van der Waals surface area contributed by atoms with Crippen LogP contribution in [-0.2, 0) is 6.54 Å². The van der Waals surface area contributed by atoms with Crippen molar-refractivity contribution in [1.82, 2.24) is 9.88 Å². The van der Waals surface area contributed by atoms with Crippen LogP contribution in [0.1, 0.15) is 41.4 Å². The summed E-state index contributed by atoms with van der Waals surface area (Å²) in [7, 11) is 3.14. The number of aryl methyl sites for hydroxylation is 2. The van der Waals surface area contributed by atoms with Crippen LogP contribution in [0.4, 0.5) is 0 Å². The van der Waals surface area contributed by atoms with Gasteiger partial charge in [0.25, 0.3) is 5.91 Å². The SMILES string of the molecule is CCn1cc(C(=O)NC(C)c2ccc(OC)c(OC)c2)c(=O)c2cc(C)ccc21. The lowest BCUT2D eigenvalue weighted by Gasteiger charge is -2.17. The molecule has 3 aromatic rings. The van der Waals surface area contributed by atoms with Gasteiger partial charge in [0.15, 0.2) is 11.5 Å². The Balaban J connectivity index is 1.96. The van der Waals surface area contributed by atoms with Gasteiger partial charge >= 0.3 is 0 Å². The normalized spacial score (nSPS) is 11.9. The lowest BCUT2D eigenvalue weighted by atomic mass is 10.1. The zero-order chi connectivity index (χ0) is 21.1. The number of methoxy groups -OCH3 is 2. The highest BCUT2D eigenvalue weighted by Gasteiger charge is 2.18. The van der Waals surface area contributed by atoms with Gasteiger partial charge in [-0.2, -0.15) is 0 Å². The number of benzene rings is 2. The molecule has 0 saturated heterocycles. The van der Waals surface area contributed by atoms with E-state index in [1.165, 1.54) is 0 Å².